The van der Waals surface area contributed by atoms with Crippen molar-refractivity contribution in [1.82, 2.24) is 10.2 Å². The molecular weight excluding hydrogens is 333 g/mol. The van der Waals surface area contributed by atoms with E-state index in [2.05, 4.69) is 5.32 Å². The number of rotatable bonds is 3. The summed E-state index contributed by atoms with van der Waals surface area (Å²) in [6.45, 7) is -0.0308. The number of halogens is 3. The van der Waals surface area contributed by atoms with Gasteiger partial charge < -0.3 is 10.2 Å². The summed E-state index contributed by atoms with van der Waals surface area (Å²) < 4.78 is 40.7. The van der Waals surface area contributed by atoms with Crippen molar-refractivity contribution < 1.29 is 22.8 Å². The fourth-order valence-electron chi connectivity index (χ4n) is 3.47. The smallest absolute Gasteiger partial charge is 0.251 e. The molecule has 1 saturated heterocycles. The van der Waals surface area contributed by atoms with Gasteiger partial charge in [-0.3, -0.25) is 9.59 Å². The van der Waals surface area contributed by atoms with E-state index in [9.17, 15) is 22.8 Å². The number of hydrogen-bond donors (Lipinski definition) is 1. The van der Waals surface area contributed by atoms with E-state index in [1.54, 1.807) is 30.3 Å². The molecule has 2 atom stereocenters. The molecular formula is C18H21F3N2O2. The molecule has 25 heavy (non-hydrogen) atoms. The summed E-state index contributed by atoms with van der Waals surface area (Å²) in [6, 6.07) is 7.68. The second-order valence-corrected chi connectivity index (χ2v) is 6.84. The number of carbonyl (C=O) groups excluding carboxylic acids is 2. The normalized spacial score (nSPS) is 26.4. The molecule has 0 unspecified atom stereocenters. The molecule has 7 heteroatoms. The summed E-state index contributed by atoms with van der Waals surface area (Å²) in [7, 11) is 0. The molecule has 1 aromatic rings. The number of alkyl halides is 3. The molecule has 0 bridgehead atoms. The Balaban J connectivity index is 1.56. The highest BCUT2D eigenvalue weighted by molar-refractivity contribution is 5.94. The molecule has 0 spiro atoms. The van der Waals surface area contributed by atoms with Crippen LogP contribution in [0.5, 0.6) is 0 Å². The third-order valence-corrected chi connectivity index (χ3v) is 4.98. The van der Waals surface area contributed by atoms with E-state index in [0.29, 0.717) is 5.56 Å². The molecule has 0 radical (unpaired) electrons. The van der Waals surface area contributed by atoms with Crippen LogP contribution in [0.25, 0.3) is 0 Å². The van der Waals surface area contributed by atoms with Crippen LogP contribution in [-0.2, 0) is 4.79 Å². The highest BCUT2D eigenvalue weighted by atomic mass is 19.3. The van der Waals surface area contributed by atoms with Gasteiger partial charge in [-0.2, -0.15) is 0 Å². The maximum Gasteiger partial charge on any atom is 0.251 e. The minimum absolute atomic E-state index is 0.0749. The van der Waals surface area contributed by atoms with Crippen LogP contribution in [0.15, 0.2) is 30.3 Å². The van der Waals surface area contributed by atoms with Crippen molar-refractivity contribution in [3.63, 3.8) is 0 Å². The quantitative estimate of drug-likeness (QED) is 0.907. The van der Waals surface area contributed by atoms with E-state index in [0.717, 1.165) is 0 Å². The Hall–Kier alpha value is -2.05. The first-order valence-electron chi connectivity index (χ1n) is 8.52. The van der Waals surface area contributed by atoms with Crippen molar-refractivity contribution in [3.8, 4) is 0 Å². The largest absolute Gasteiger partial charge is 0.345 e. The highest BCUT2D eigenvalue weighted by Crippen LogP contribution is 2.37. The van der Waals surface area contributed by atoms with Crippen LogP contribution in [0.4, 0.5) is 13.2 Å². The Kier molecular flexibility index (Phi) is 5.01. The van der Waals surface area contributed by atoms with Gasteiger partial charge in [0.05, 0.1) is 12.6 Å². The third kappa shape index (κ3) is 4.14. The molecule has 1 heterocycles. The van der Waals surface area contributed by atoms with E-state index >= 15 is 0 Å². The van der Waals surface area contributed by atoms with Gasteiger partial charge in [0.25, 0.3) is 5.91 Å². The maximum atomic E-state index is 14.2. The summed E-state index contributed by atoms with van der Waals surface area (Å²) in [4.78, 5) is 25.9. The minimum Gasteiger partial charge on any atom is -0.345 e. The predicted molar refractivity (Wildman–Crippen MR) is 86.1 cm³/mol. The highest BCUT2D eigenvalue weighted by Gasteiger charge is 2.42. The van der Waals surface area contributed by atoms with Gasteiger partial charge in [-0.15, -0.1) is 0 Å². The molecule has 1 saturated carbocycles. The number of likely N-dealkylation sites (tertiary alicyclic amines) is 1. The van der Waals surface area contributed by atoms with E-state index in [1.807, 2.05) is 0 Å². The van der Waals surface area contributed by atoms with E-state index in [-0.39, 0.29) is 50.6 Å². The predicted octanol–water partition coefficient (Wildman–Crippen LogP) is 2.79. The molecule has 0 aromatic heterocycles. The van der Waals surface area contributed by atoms with Crippen LogP contribution in [0.2, 0.25) is 0 Å². The van der Waals surface area contributed by atoms with Crippen LogP contribution in [0.1, 0.15) is 36.0 Å². The first kappa shape index (κ1) is 17.8. The molecule has 2 amide bonds. The summed E-state index contributed by atoms with van der Waals surface area (Å²) >= 11 is 0. The van der Waals surface area contributed by atoms with Gasteiger partial charge in [-0.25, -0.2) is 13.2 Å². The molecule has 4 nitrogen and oxygen atoms in total. The number of nitrogens with one attached hydrogen (secondary N) is 1. The molecule has 2 aliphatic rings. The van der Waals surface area contributed by atoms with Crippen molar-refractivity contribution in [2.75, 3.05) is 13.1 Å². The Morgan fingerprint density at radius 3 is 2.36 bits per heavy atom. The number of amides is 2. The molecule has 2 fully saturated rings. The summed E-state index contributed by atoms with van der Waals surface area (Å²) in [5.41, 5.74) is 0.425. The molecule has 1 aliphatic heterocycles. The maximum absolute atomic E-state index is 14.2. The van der Waals surface area contributed by atoms with Gasteiger partial charge in [-0.05, 0) is 25.0 Å². The zero-order chi connectivity index (χ0) is 18.0. The van der Waals surface area contributed by atoms with Crippen molar-refractivity contribution >= 4 is 11.8 Å². The lowest BCUT2D eigenvalue weighted by Crippen LogP contribution is -2.42. The third-order valence-electron chi connectivity index (χ3n) is 4.98. The average Bonchev–Trinajstić information content (AvgIpc) is 2.96. The Bertz CT molecular complexity index is 628. The lowest BCUT2D eigenvalue weighted by Gasteiger charge is -2.30. The fraction of sp³-hybridized carbons (Fsp3) is 0.556. The van der Waals surface area contributed by atoms with Gasteiger partial charge in [0.1, 0.15) is 6.17 Å². The molecule has 136 valence electrons. The fourth-order valence-corrected chi connectivity index (χ4v) is 3.47. The lowest BCUT2D eigenvalue weighted by molar-refractivity contribution is -0.138. The summed E-state index contributed by atoms with van der Waals surface area (Å²) in [5.74, 6) is -3.85. The molecule has 3 rings (SSSR count). The molecule has 1 N–H and O–H groups in total. The Labute approximate surface area is 144 Å². The Morgan fingerprint density at radius 1 is 1.08 bits per heavy atom. The van der Waals surface area contributed by atoms with Crippen LogP contribution >= 0.6 is 0 Å². The summed E-state index contributed by atoms with van der Waals surface area (Å²) in [5, 5.41) is 2.62. The van der Waals surface area contributed by atoms with Crippen LogP contribution in [0, 0.1) is 5.92 Å². The second-order valence-electron chi connectivity index (χ2n) is 6.84. The van der Waals surface area contributed by atoms with Crippen molar-refractivity contribution in [1.29, 1.82) is 0 Å². The number of benzene rings is 1. The van der Waals surface area contributed by atoms with Gasteiger partial charge in [0, 0.05) is 30.9 Å². The Morgan fingerprint density at radius 2 is 1.72 bits per heavy atom. The molecule has 1 aromatic carbocycles. The van der Waals surface area contributed by atoms with Crippen LogP contribution < -0.4 is 5.32 Å². The first-order chi connectivity index (χ1) is 11.9. The van der Waals surface area contributed by atoms with E-state index in [4.69, 9.17) is 0 Å². The topological polar surface area (TPSA) is 49.4 Å². The SMILES string of the molecule is O=C(N[C@@H]1CN(C(=O)C2CCC(F)(F)CC2)C[C@@H]1F)c1ccccc1. The van der Waals surface area contributed by atoms with Crippen LogP contribution in [0.3, 0.4) is 0 Å². The zero-order valence-corrected chi connectivity index (χ0v) is 13.8. The number of hydrogen-bond acceptors (Lipinski definition) is 2. The first-order valence-corrected chi connectivity index (χ1v) is 8.52. The van der Waals surface area contributed by atoms with Gasteiger partial charge in [0.15, 0.2) is 0 Å². The van der Waals surface area contributed by atoms with Crippen molar-refractivity contribution in [3.05, 3.63) is 35.9 Å². The molecule has 1 aliphatic carbocycles. The van der Waals surface area contributed by atoms with E-state index in [1.165, 1.54) is 4.90 Å². The lowest BCUT2D eigenvalue weighted by atomic mass is 9.86. The minimum atomic E-state index is -2.70. The van der Waals surface area contributed by atoms with Gasteiger partial charge in [-0.1, -0.05) is 18.2 Å². The van der Waals surface area contributed by atoms with Crippen molar-refractivity contribution in [2.24, 2.45) is 5.92 Å². The monoisotopic (exact) mass is 354 g/mol. The van der Waals surface area contributed by atoms with Crippen molar-refractivity contribution in [2.45, 2.75) is 43.8 Å². The average molecular weight is 354 g/mol. The standard InChI is InChI=1S/C18H21F3N2O2/c19-14-10-23(17(25)13-6-8-18(20,21)9-7-13)11-15(14)22-16(24)12-4-2-1-3-5-12/h1-5,13-15H,6-11H2,(H,22,24)/t14-,15+/m0/s1. The number of nitrogens with zero attached hydrogens (tertiary/aromatic N) is 1. The summed E-state index contributed by atoms with van der Waals surface area (Å²) in [6.07, 6.45) is -1.71. The van der Waals surface area contributed by atoms with Gasteiger partial charge in [0.2, 0.25) is 11.8 Å². The van der Waals surface area contributed by atoms with Crippen LogP contribution in [-0.4, -0.2) is 47.9 Å². The van der Waals surface area contributed by atoms with E-state index < -0.39 is 24.1 Å². The zero-order valence-electron chi connectivity index (χ0n) is 13.8. The van der Waals surface area contributed by atoms with Gasteiger partial charge >= 0.3 is 0 Å². The number of carbonyl (C=O) groups is 2. The second kappa shape index (κ2) is 7.06.